The van der Waals surface area contributed by atoms with Gasteiger partial charge in [-0.2, -0.15) is 0 Å². The molecule has 114 valence electrons. The molecule has 0 radical (unpaired) electrons. The Balaban J connectivity index is 2.18. The van der Waals surface area contributed by atoms with Crippen LogP contribution in [0.15, 0.2) is 18.2 Å². The van der Waals surface area contributed by atoms with Crippen LogP contribution in [0.5, 0.6) is 0 Å². The van der Waals surface area contributed by atoms with E-state index in [2.05, 4.69) is 20.8 Å². The van der Waals surface area contributed by atoms with Crippen LogP contribution in [0.25, 0.3) is 0 Å². The van der Waals surface area contributed by atoms with Crippen LogP contribution in [0, 0.1) is 21.4 Å². The van der Waals surface area contributed by atoms with E-state index < -0.39 is 4.92 Å². The van der Waals surface area contributed by atoms with Crippen molar-refractivity contribution in [2.75, 3.05) is 18.8 Å². The molecule has 0 aliphatic carbocycles. The van der Waals surface area contributed by atoms with E-state index in [9.17, 15) is 14.9 Å². The molecule has 1 heterocycles. The molecule has 1 aliphatic rings. The average molecular weight is 291 g/mol. The van der Waals surface area contributed by atoms with Crippen LogP contribution in [-0.4, -0.2) is 28.8 Å². The Kier molecular flexibility index (Phi) is 3.89. The number of anilines is 1. The number of hydrogen-bond donors (Lipinski definition) is 1. The maximum Gasteiger partial charge on any atom is 0.292 e. The molecule has 2 rings (SSSR count). The summed E-state index contributed by atoms with van der Waals surface area (Å²) in [5, 5.41) is 10.9. The van der Waals surface area contributed by atoms with Crippen molar-refractivity contribution in [3.05, 3.63) is 33.9 Å². The second-order valence-corrected chi connectivity index (χ2v) is 6.63. The van der Waals surface area contributed by atoms with Crippen LogP contribution in [0.2, 0.25) is 0 Å². The molecule has 0 bridgehead atoms. The Morgan fingerprint density at radius 2 is 2.10 bits per heavy atom. The van der Waals surface area contributed by atoms with Crippen molar-refractivity contribution in [2.24, 2.45) is 11.3 Å². The van der Waals surface area contributed by atoms with Crippen LogP contribution in [0.4, 0.5) is 11.4 Å². The SMILES string of the molecule is CC(C)(C)C1CCN(C(=O)c2ccc(N)c([N+](=O)[O-])c2)C1. The normalized spacial score (nSPS) is 18.8. The number of benzene rings is 1. The molecule has 6 heteroatoms. The smallest absolute Gasteiger partial charge is 0.292 e. The van der Waals surface area contributed by atoms with E-state index in [0.29, 0.717) is 24.6 Å². The number of nitro groups is 1. The highest BCUT2D eigenvalue weighted by Crippen LogP contribution is 2.34. The highest BCUT2D eigenvalue weighted by molar-refractivity contribution is 5.95. The maximum atomic E-state index is 12.5. The predicted molar refractivity (Wildman–Crippen MR) is 81.0 cm³/mol. The van der Waals surface area contributed by atoms with Gasteiger partial charge in [0.2, 0.25) is 0 Å². The number of rotatable bonds is 2. The van der Waals surface area contributed by atoms with Crippen LogP contribution in [-0.2, 0) is 0 Å². The molecule has 2 N–H and O–H groups in total. The molecule has 0 aromatic heterocycles. The van der Waals surface area contributed by atoms with Gasteiger partial charge >= 0.3 is 0 Å². The molecule has 0 saturated carbocycles. The van der Waals surface area contributed by atoms with Gasteiger partial charge in [0.15, 0.2) is 0 Å². The number of nitrogen functional groups attached to an aromatic ring is 1. The summed E-state index contributed by atoms with van der Waals surface area (Å²) in [5.74, 6) is 0.287. The molecular formula is C15H21N3O3. The van der Waals surface area contributed by atoms with Gasteiger partial charge in [-0.05, 0) is 29.9 Å². The fourth-order valence-corrected chi connectivity index (χ4v) is 2.67. The second kappa shape index (κ2) is 5.35. The molecule has 1 amide bonds. The Labute approximate surface area is 124 Å². The molecular weight excluding hydrogens is 270 g/mol. The minimum Gasteiger partial charge on any atom is -0.393 e. The summed E-state index contributed by atoms with van der Waals surface area (Å²) < 4.78 is 0. The standard InChI is InChI=1S/C15H21N3O3/c1-15(2,3)11-6-7-17(9-11)14(19)10-4-5-12(16)13(8-10)18(20)21/h4-5,8,11H,6-7,9,16H2,1-3H3. The van der Waals surface area contributed by atoms with Gasteiger partial charge in [0.25, 0.3) is 11.6 Å². The van der Waals surface area contributed by atoms with Gasteiger partial charge in [-0.15, -0.1) is 0 Å². The summed E-state index contributed by atoms with van der Waals surface area (Å²) in [6.07, 6.45) is 0.965. The topological polar surface area (TPSA) is 89.5 Å². The van der Waals surface area contributed by atoms with Crippen LogP contribution < -0.4 is 5.73 Å². The lowest BCUT2D eigenvalue weighted by Crippen LogP contribution is -2.31. The third-order valence-electron chi connectivity index (χ3n) is 4.17. The number of nitrogens with zero attached hydrogens (tertiary/aromatic N) is 2. The summed E-state index contributed by atoms with van der Waals surface area (Å²) in [6.45, 7) is 7.89. The molecule has 0 spiro atoms. The van der Waals surface area contributed by atoms with Crippen molar-refractivity contribution in [3.63, 3.8) is 0 Å². The highest BCUT2D eigenvalue weighted by Gasteiger charge is 2.34. The second-order valence-electron chi connectivity index (χ2n) is 6.63. The number of carbonyl (C=O) groups excluding carboxylic acids is 1. The van der Waals surface area contributed by atoms with Gasteiger partial charge in [0.1, 0.15) is 5.69 Å². The first-order valence-electron chi connectivity index (χ1n) is 7.03. The zero-order valence-corrected chi connectivity index (χ0v) is 12.6. The van der Waals surface area contributed by atoms with E-state index in [4.69, 9.17) is 5.73 Å². The van der Waals surface area contributed by atoms with Crippen LogP contribution in [0.3, 0.4) is 0 Å². The van der Waals surface area contributed by atoms with E-state index in [1.807, 2.05) is 0 Å². The third-order valence-corrected chi connectivity index (χ3v) is 4.17. The quantitative estimate of drug-likeness (QED) is 0.515. The minimum absolute atomic E-state index is 0.0746. The third kappa shape index (κ3) is 3.15. The van der Waals surface area contributed by atoms with Gasteiger partial charge in [-0.3, -0.25) is 14.9 Å². The number of amides is 1. The van der Waals surface area contributed by atoms with Crippen molar-refractivity contribution in [3.8, 4) is 0 Å². The number of carbonyl (C=O) groups is 1. The van der Waals surface area contributed by atoms with Crippen LogP contribution in [0.1, 0.15) is 37.6 Å². The largest absolute Gasteiger partial charge is 0.393 e. The fourth-order valence-electron chi connectivity index (χ4n) is 2.67. The zero-order chi connectivity index (χ0) is 15.8. The van der Waals surface area contributed by atoms with Crippen molar-refractivity contribution >= 4 is 17.3 Å². The number of nitro benzene ring substituents is 1. The van der Waals surface area contributed by atoms with E-state index in [1.54, 1.807) is 11.0 Å². The molecule has 1 aliphatic heterocycles. The van der Waals surface area contributed by atoms with Gasteiger partial charge in [0, 0.05) is 24.7 Å². The van der Waals surface area contributed by atoms with Crippen molar-refractivity contribution < 1.29 is 9.72 Å². The lowest BCUT2D eigenvalue weighted by atomic mass is 9.80. The summed E-state index contributed by atoms with van der Waals surface area (Å²) in [6, 6.07) is 4.24. The van der Waals surface area contributed by atoms with Crippen LogP contribution >= 0.6 is 0 Å². The Morgan fingerprint density at radius 1 is 1.43 bits per heavy atom. The van der Waals surface area contributed by atoms with E-state index in [1.165, 1.54) is 12.1 Å². The highest BCUT2D eigenvalue weighted by atomic mass is 16.6. The number of nitrogens with two attached hydrogens (primary N) is 1. The monoisotopic (exact) mass is 291 g/mol. The molecule has 1 aromatic rings. The van der Waals surface area contributed by atoms with E-state index in [0.717, 1.165) is 6.42 Å². The first-order chi connectivity index (χ1) is 9.70. The van der Waals surface area contributed by atoms with Crippen molar-refractivity contribution in [1.82, 2.24) is 4.90 Å². The fraction of sp³-hybridized carbons (Fsp3) is 0.533. The molecule has 1 atom stereocenters. The van der Waals surface area contributed by atoms with Crippen molar-refractivity contribution in [1.29, 1.82) is 0 Å². The first-order valence-corrected chi connectivity index (χ1v) is 7.03. The molecule has 1 fully saturated rings. The average Bonchev–Trinajstić information content (AvgIpc) is 2.87. The van der Waals surface area contributed by atoms with Gasteiger partial charge in [0.05, 0.1) is 4.92 Å². The first kappa shape index (κ1) is 15.3. The number of hydrogen-bond acceptors (Lipinski definition) is 4. The Bertz CT molecular complexity index is 578. The van der Waals surface area contributed by atoms with E-state index >= 15 is 0 Å². The molecule has 21 heavy (non-hydrogen) atoms. The molecule has 1 aromatic carbocycles. The molecule has 1 unspecified atom stereocenters. The summed E-state index contributed by atoms with van der Waals surface area (Å²) in [4.78, 5) is 24.6. The maximum absolute atomic E-state index is 12.5. The van der Waals surface area contributed by atoms with E-state index in [-0.39, 0.29) is 22.7 Å². The van der Waals surface area contributed by atoms with Gasteiger partial charge < -0.3 is 10.6 Å². The molecule has 6 nitrogen and oxygen atoms in total. The molecule has 1 saturated heterocycles. The van der Waals surface area contributed by atoms with Gasteiger partial charge in [-0.25, -0.2) is 0 Å². The number of likely N-dealkylation sites (tertiary alicyclic amines) is 1. The minimum atomic E-state index is -0.561. The Morgan fingerprint density at radius 3 is 2.62 bits per heavy atom. The summed E-state index contributed by atoms with van der Waals surface area (Å²) >= 11 is 0. The lowest BCUT2D eigenvalue weighted by molar-refractivity contribution is -0.383. The van der Waals surface area contributed by atoms with Crippen molar-refractivity contribution in [2.45, 2.75) is 27.2 Å². The summed E-state index contributed by atoms with van der Waals surface area (Å²) in [5.41, 5.74) is 5.90. The lowest BCUT2D eigenvalue weighted by Gasteiger charge is -2.27. The predicted octanol–water partition coefficient (Wildman–Crippen LogP) is 2.69. The summed E-state index contributed by atoms with van der Waals surface area (Å²) in [7, 11) is 0. The zero-order valence-electron chi connectivity index (χ0n) is 12.6. The Hall–Kier alpha value is -2.11. The van der Waals surface area contributed by atoms with Gasteiger partial charge in [-0.1, -0.05) is 20.8 Å².